The molecule has 0 saturated heterocycles. The number of aliphatic hydroxyl groups is 1. The minimum absolute atomic E-state index is 0.223. The van der Waals surface area contributed by atoms with Gasteiger partial charge >= 0.3 is 0 Å². The van der Waals surface area contributed by atoms with E-state index in [-0.39, 0.29) is 6.10 Å². The van der Waals surface area contributed by atoms with E-state index in [1.54, 1.807) is 6.20 Å². The van der Waals surface area contributed by atoms with Crippen LogP contribution in [0.25, 0.3) is 0 Å². The molecule has 0 aliphatic heterocycles. The number of nitrogens with zero attached hydrogens (tertiary/aromatic N) is 1. The molecule has 3 heteroatoms. The SMILES string of the molecule is CCC(CC)C(O)CNCCc1cccnc1. The predicted octanol–water partition coefficient (Wildman–Crippen LogP) is 2.01. The standard InChI is InChI=1S/C14H24N2O/c1-3-13(4-2)14(17)11-16-9-7-12-6-5-8-15-10-12/h5-6,8,10,13-14,16-17H,3-4,7,9,11H2,1-2H3. The molecule has 17 heavy (non-hydrogen) atoms. The number of pyridine rings is 1. The Balaban J connectivity index is 2.16. The molecule has 1 atom stereocenters. The molecule has 0 amide bonds. The maximum absolute atomic E-state index is 9.93. The Labute approximate surface area is 104 Å². The molecule has 0 aliphatic rings. The zero-order valence-electron chi connectivity index (χ0n) is 10.9. The summed E-state index contributed by atoms with van der Waals surface area (Å²) < 4.78 is 0. The Hall–Kier alpha value is -0.930. The van der Waals surface area contributed by atoms with Gasteiger partial charge in [0.2, 0.25) is 0 Å². The summed E-state index contributed by atoms with van der Waals surface area (Å²) in [6.07, 6.45) is 6.50. The van der Waals surface area contributed by atoms with Crippen molar-refractivity contribution in [2.75, 3.05) is 13.1 Å². The van der Waals surface area contributed by atoms with E-state index in [1.807, 2.05) is 12.3 Å². The highest BCUT2D eigenvalue weighted by Gasteiger charge is 2.14. The molecule has 1 aromatic rings. The van der Waals surface area contributed by atoms with E-state index in [4.69, 9.17) is 0 Å². The lowest BCUT2D eigenvalue weighted by atomic mass is 9.96. The van der Waals surface area contributed by atoms with Crippen LogP contribution in [0.5, 0.6) is 0 Å². The number of nitrogens with one attached hydrogen (secondary N) is 1. The fourth-order valence-corrected chi connectivity index (χ4v) is 2.03. The number of aliphatic hydroxyl groups excluding tert-OH is 1. The van der Waals surface area contributed by atoms with E-state index in [9.17, 15) is 5.11 Å². The average molecular weight is 236 g/mol. The lowest BCUT2D eigenvalue weighted by Crippen LogP contribution is -2.33. The maximum Gasteiger partial charge on any atom is 0.0692 e. The molecule has 0 aliphatic carbocycles. The Morgan fingerprint density at radius 2 is 2.12 bits per heavy atom. The molecule has 1 unspecified atom stereocenters. The summed E-state index contributed by atoms with van der Waals surface area (Å²) in [6.45, 7) is 5.84. The van der Waals surface area contributed by atoms with Crippen LogP contribution in [0.1, 0.15) is 32.3 Å². The van der Waals surface area contributed by atoms with Gasteiger partial charge in [0.15, 0.2) is 0 Å². The third-order valence-electron chi connectivity index (χ3n) is 3.26. The van der Waals surface area contributed by atoms with Gasteiger partial charge in [-0.2, -0.15) is 0 Å². The summed E-state index contributed by atoms with van der Waals surface area (Å²) in [5, 5.41) is 13.2. The van der Waals surface area contributed by atoms with Gasteiger partial charge in [0.1, 0.15) is 0 Å². The molecule has 96 valence electrons. The minimum Gasteiger partial charge on any atom is -0.392 e. The van der Waals surface area contributed by atoms with E-state index in [1.165, 1.54) is 5.56 Å². The van der Waals surface area contributed by atoms with Gasteiger partial charge in [-0.25, -0.2) is 0 Å². The van der Waals surface area contributed by atoms with Gasteiger partial charge in [0, 0.05) is 18.9 Å². The molecule has 1 rings (SSSR count). The van der Waals surface area contributed by atoms with Crippen LogP contribution in [0.2, 0.25) is 0 Å². The van der Waals surface area contributed by atoms with Gasteiger partial charge in [0.25, 0.3) is 0 Å². The smallest absolute Gasteiger partial charge is 0.0692 e. The first-order valence-corrected chi connectivity index (χ1v) is 6.55. The molecule has 0 fully saturated rings. The van der Waals surface area contributed by atoms with Gasteiger partial charge < -0.3 is 10.4 Å². The van der Waals surface area contributed by atoms with E-state index in [2.05, 4.69) is 30.2 Å². The van der Waals surface area contributed by atoms with Crippen LogP contribution in [0.15, 0.2) is 24.5 Å². The van der Waals surface area contributed by atoms with Crippen LogP contribution in [-0.2, 0) is 6.42 Å². The van der Waals surface area contributed by atoms with Gasteiger partial charge in [0.05, 0.1) is 6.10 Å². The maximum atomic E-state index is 9.93. The first kappa shape index (κ1) is 14.1. The molecule has 0 radical (unpaired) electrons. The van der Waals surface area contributed by atoms with Crippen LogP contribution < -0.4 is 5.32 Å². The molecule has 2 N–H and O–H groups in total. The van der Waals surface area contributed by atoms with E-state index in [0.29, 0.717) is 12.5 Å². The highest BCUT2D eigenvalue weighted by Crippen LogP contribution is 2.12. The van der Waals surface area contributed by atoms with Crippen molar-refractivity contribution in [2.45, 2.75) is 39.2 Å². The summed E-state index contributed by atoms with van der Waals surface area (Å²) in [5.74, 6) is 0.417. The Morgan fingerprint density at radius 1 is 1.35 bits per heavy atom. The molecule has 1 aromatic heterocycles. The van der Waals surface area contributed by atoms with Crippen molar-refractivity contribution in [3.8, 4) is 0 Å². The van der Waals surface area contributed by atoms with E-state index >= 15 is 0 Å². The van der Waals surface area contributed by atoms with Gasteiger partial charge in [-0.1, -0.05) is 32.8 Å². The lowest BCUT2D eigenvalue weighted by molar-refractivity contribution is 0.102. The molecular formula is C14H24N2O. The monoisotopic (exact) mass is 236 g/mol. The summed E-state index contributed by atoms with van der Waals surface area (Å²) in [4.78, 5) is 4.08. The first-order chi connectivity index (χ1) is 8.27. The molecular weight excluding hydrogens is 212 g/mol. The minimum atomic E-state index is -0.223. The molecule has 0 saturated carbocycles. The molecule has 0 aromatic carbocycles. The summed E-state index contributed by atoms with van der Waals surface area (Å²) in [6, 6.07) is 4.03. The highest BCUT2D eigenvalue weighted by atomic mass is 16.3. The van der Waals surface area contributed by atoms with Gasteiger partial charge in [-0.3, -0.25) is 4.98 Å². The average Bonchev–Trinajstić information content (AvgIpc) is 2.37. The van der Waals surface area contributed by atoms with Crippen LogP contribution in [0, 0.1) is 5.92 Å². The highest BCUT2D eigenvalue weighted by molar-refractivity contribution is 5.08. The second-order valence-electron chi connectivity index (χ2n) is 4.46. The molecule has 0 bridgehead atoms. The number of aromatic nitrogens is 1. The van der Waals surface area contributed by atoms with Gasteiger partial charge in [-0.05, 0) is 30.5 Å². The molecule has 0 spiro atoms. The molecule has 3 nitrogen and oxygen atoms in total. The summed E-state index contributed by atoms with van der Waals surface area (Å²) >= 11 is 0. The van der Waals surface area contributed by atoms with Crippen LogP contribution in [-0.4, -0.2) is 29.3 Å². The Kier molecular flexibility index (Phi) is 6.82. The second kappa shape index (κ2) is 8.20. The topological polar surface area (TPSA) is 45.1 Å². The van der Waals surface area contributed by atoms with Gasteiger partial charge in [-0.15, -0.1) is 0 Å². The van der Waals surface area contributed by atoms with Crippen molar-refractivity contribution in [1.82, 2.24) is 10.3 Å². The molecule has 1 heterocycles. The van der Waals surface area contributed by atoms with Crippen molar-refractivity contribution < 1.29 is 5.11 Å². The Morgan fingerprint density at radius 3 is 2.71 bits per heavy atom. The van der Waals surface area contributed by atoms with Crippen LogP contribution in [0.3, 0.4) is 0 Å². The third kappa shape index (κ3) is 5.29. The van der Waals surface area contributed by atoms with Crippen molar-refractivity contribution in [3.63, 3.8) is 0 Å². The van der Waals surface area contributed by atoms with Crippen molar-refractivity contribution in [1.29, 1.82) is 0 Å². The zero-order chi connectivity index (χ0) is 12.5. The van der Waals surface area contributed by atoms with Crippen molar-refractivity contribution in [3.05, 3.63) is 30.1 Å². The number of rotatable bonds is 8. The summed E-state index contributed by atoms with van der Waals surface area (Å²) in [5.41, 5.74) is 1.23. The Bertz CT molecular complexity index is 286. The predicted molar refractivity (Wildman–Crippen MR) is 70.9 cm³/mol. The van der Waals surface area contributed by atoms with E-state index < -0.39 is 0 Å². The largest absolute Gasteiger partial charge is 0.392 e. The van der Waals surface area contributed by atoms with Crippen LogP contribution >= 0.6 is 0 Å². The van der Waals surface area contributed by atoms with Crippen LogP contribution in [0.4, 0.5) is 0 Å². The second-order valence-corrected chi connectivity index (χ2v) is 4.46. The quantitative estimate of drug-likeness (QED) is 0.679. The van der Waals surface area contributed by atoms with E-state index in [0.717, 1.165) is 25.8 Å². The fourth-order valence-electron chi connectivity index (χ4n) is 2.03. The summed E-state index contributed by atoms with van der Waals surface area (Å²) in [7, 11) is 0. The third-order valence-corrected chi connectivity index (χ3v) is 3.26. The number of hydrogen-bond acceptors (Lipinski definition) is 3. The fraction of sp³-hybridized carbons (Fsp3) is 0.643. The lowest BCUT2D eigenvalue weighted by Gasteiger charge is -2.20. The zero-order valence-corrected chi connectivity index (χ0v) is 10.9. The first-order valence-electron chi connectivity index (χ1n) is 6.55. The number of hydrogen-bond donors (Lipinski definition) is 2. The normalized spacial score (nSPS) is 12.9. The van der Waals surface area contributed by atoms with Crippen molar-refractivity contribution >= 4 is 0 Å². The van der Waals surface area contributed by atoms with Crippen molar-refractivity contribution in [2.24, 2.45) is 5.92 Å².